The minimum Gasteiger partial charge on any atom is -0.383 e. The van der Waals surface area contributed by atoms with Crippen molar-refractivity contribution in [1.29, 1.82) is 0 Å². The topological polar surface area (TPSA) is 62.6 Å². The first kappa shape index (κ1) is 15.6. The quantitative estimate of drug-likeness (QED) is 0.864. The van der Waals surface area contributed by atoms with Gasteiger partial charge in [0.05, 0.1) is 35.6 Å². The van der Waals surface area contributed by atoms with Gasteiger partial charge in [-0.25, -0.2) is 4.79 Å². The third-order valence-electron chi connectivity index (χ3n) is 4.55. The van der Waals surface area contributed by atoms with E-state index < -0.39 is 0 Å². The lowest BCUT2D eigenvalue weighted by molar-refractivity contribution is 0.110. The van der Waals surface area contributed by atoms with Gasteiger partial charge in [-0.05, 0) is 6.42 Å². The highest BCUT2D eigenvalue weighted by molar-refractivity contribution is 6.31. The monoisotopic (exact) mass is 327 g/mol. The Labute approximate surface area is 135 Å². The number of aromatic nitrogens is 2. The van der Waals surface area contributed by atoms with Crippen LogP contribution in [0.1, 0.15) is 12.1 Å². The van der Waals surface area contributed by atoms with Crippen LogP contribution in [-0.2, 0) is 18.3 Å². The molecule has 3 heterocycles. The number of hydrogen-bond acceptors (Lipinski definition) is 4. The molecule has 0 bridgehead atoms. The van der Waals surface area contributed by atoms with Crippen molar-refractivity contribution < 1.29 is 9.53 Å². The highest BCUT2D eigenvalue weighted by Crippen LogP contribution is 2.25. The van der Waals surface area contributed by atoms with Gasteiger partial charge in [0.15, 0.2) is 0 Å². The van der Waals surface area contributed by atoms with E-state index in [1.165, 1.54) is 0 Å². The molecule has 1 N–H and O–H groups in total. The molecule has 2 atom stereocenters. The normalized spacial score (nSPS) is 25.4. The van der Waals surface area contributed by atoms with E-state index in [-0.39, 0.29) is 18.1 Å². The molecule has 2 fully saturated rings. The molecule has 3 rings (SSSR count). The molecule has 0 aliphatic carbocycles. The fourth-order valence-electron chi connectivity index (χ4n) is 3.34. The van der Waals surface area contributed by atoms with Crippen LogP contribution in [-0.4, -0.2) is 71.0 Å². The maximum atomic E-state index is 12.1. The summed E-state index contributed by atoms with van der Waals surface area (Å²) in [7, 11) is 3.56. The zero-order chi connectivity index (χ0) is 15.7. The van der Waals surface area contributed by atoms with Crippen LogP contribution < -0.4 is 5.32 Å². The fourth-order valence-corrected chi connectivity index (χ4v) is 3.57. The number of likely N-dealkylation sites (tertiary alicyclic amines) is 1. The van der Waals surface area contributed by atoms with Gasteiger partial charge in [-0.15, -0.1) is 0 Å². The predicted molar refractivity (Wildman–Crippen MR) is 82.8 cm³/mol. The van der Waals surface area contributed by atoms with Gasteiger partial charge in [-0.2, -0.15) is 5.10 Å². The van der Waals surface area contributed by atoms with Gasteiger partial charge in [0.2, 0.25) is 0 Å². The van der Waals surface area contributed by atoms with E-state index in [9.17, 15) is 4.79 Å². The highest BCUT2D eigenvalue weighted by atomic mass is 35.5. The summed E-state index contributed by atoms with van der Waals surface area (Å²) in [5, 5.41) is 7.96. The van der Waals surface area contributed by atoms with Crippen LogP contribution in [0.4, 0.5) is 4.79 Å². The third-order valence-corrected chi connectivity index (χ3v) is 4.87. The van der Waals surface area contributed by atoms with Crippen molar-refractivity contribution in [2.75, 3.05) is 33.4 Å². The van der Waals surface area contributed by atoms with Crippen LogP contribution in [0.5, 0.6) is 0 Å². The molecule has 7 nitrogen and oxygen atoms in total. The number of ether oxygens (including phenoxy) is 1. The lowest BCUT2D eigenvalue weighted by atomic mass is 10.00. The molecule has 0 aromatic carbocycles. The van der Waals surface area contributed by atoms with Gasteiger partial charge >= 0.3 is 6.03 Å². The molecule has 1 aromatic rings. The molecule has 2 aliphatic heterocycles. The second-order valence-electron chi connectivity index (χ2n) is 5.90. The first-order valence-electron chi connectivity index (χ1n) is 7.55. The minimum atomic E-state index is 0.0208. The lowest BCUT2D eigenvalue weighted by Gasteiger charge is -2.36. The number of nitrogens with zero attached hydrogens (tertiary/aromatic N) is 4. The molecular formula is C14H22ClN5O2. The number of piperidine rings is 1. The molecule has 2 aliphatic rings. The van der Waals surface area contributed by atoms with Gasteiger partial charge in [-0.3, -0.25) is 9.58 Å². The maximum Gasteiger partial charge on any atom is 0.318 e. The van der Waals surface area contributed by atoms with Crippen molar-refractivity contribution in [3.63, 3.8) is 0 Å². The molecule has 1 aromatic heterocycles. The lowest BCUT2D eigenvalue weighted by Crippen LogP contribution is -2.51. The molecular weight excluding hydrogens is 306 g/mol. The Hall–Kier alpha value is -1.31. The zero-order valence-electron chi connectivity index (χ0n) is 13.0. The number of methoxy groups -OCH3 is 1. The summed E-state index contributed by atoms with van der Waals surface area (Å²) in [4.78, 5) is 16.3. The van der Waals surface area contributed by atoms with Crippen molar-refractivity contribution in [2.24, 2.45) is 7.05 Å². The maximum absolute atomic E-state index is 12.1. The van der Waals surface area contributed by atoms with Crippen molar-refractivity contribution in [2.45, 2.75) is 25.0 Å². The van der Waals surface area contributed by atoms with E-state index in [1.54, 1.807) is 13.3 Å². The highest BCUT2D eigenvalue weighted by Gasteiger charge is 2.42. The molecule has 2 amide bonds. The number of rotatable bonds is 5. The number of urea groups is 1. The van der Waals surface area contributed by atoms with Crippen molar-refractivity contribution in [3.8, 4) is 0 Å². The third kappa shape index (κ3) is 2.93. The van der Waals surface area contributed by atoms with Crippen molar-refractivity contribution in [3.05, 3.63) is 16.9 Å². The summed E-state index contributed by atoms with van der Waals surface area (Å²) in [6.07, 6.45) is 2.63. The standard InChI is InChI=1S/C14H22ClN5O2/c1-18-13(10(15)7-16-18)9-19-4-3-12-11(8-19)17-14(21)20(12)5-6-22-2/h7,11-12H,3-6,8-9H2,1-2H3,(H,17,21)/t11-,12+/m1/s1. The number of carbonyl (C=O) groups excluding carboxylic acids is 1. The Morgan fingerprint density at radius 2 is 2.36 bits per heavy atom. The van der Waals surface area contributed by atoms with Crippen LogP contribution in [0.3, 0.4) is 0 Å². The smallest absolute Gasteiger partial charge is 0.318 e. The van der Waals surface area contributed by atoms with E-state index in [0.717, 1.165) is 31.7 Å². The largest absolute Gasteiger partial charge is 0.383 e. The molecule has 0 spiro atoms. The SMILES string of the molecule is COCCN1C(=O)N[C@@H]2CN(Cc3c(Cl)cnn3C)CC[C@@H]21. The second kappa shape index (κ2) is 6.44. The number of nitrogens with one attached hydrogen (secondary N) is 1. The Bertz CT molecular complexity index is 530. The average Bonchev–Trinajstić information content (AvgIpc) is 2.98. The van der Waals surface area contributed by atoms with Gasteiger partial charge in [0, 0.05) is 40.3 Å². The first-order valence-corrected chi connectivity index (χ1v) is 7.92. The Balaban J connectivity index is 1.62. The van der Waals surface area contributed by atoms with Gasteiger partial charge < -0.3 is 15.0 Å². The van der Waals surface area contributed by atoms with Gasteiger partial charge in [0.1, 0.15) is 0 Å². The minimum absolute atomic E-state index is 0.0208. The summed E-state index contributed by atoms with van der Waals surface area (Å²) >= 11 is 6.18. The van der Waals surface area contributed by atoms with E-state index in [0.29, 0.717) is 18.2 Å². The number of amides is 2. The first-order chi connectivity index (χ1) is 10.6. The fraction of sp³-hybridized carbons (Fsp3) is 0.714. The second-order valence-corrected chi connectivity index (χ2v) is 6.30. The van der Waals surface area contributed by atoms with Crippen LogP contribution in [0.25, 0.3) is 0 Å². The molecule has 22 heavy (non-hydrogen) atoms. The van der Waals surface area contributed by atoms with Crippen molar-refractivity contribution >= 4 is 17.6 Å². The van der Waals surface area contributed by atoms with Crippen molar-refractivity contribution in [1.82, 2.24) is 24.9 Å². The molecule has 0 saturated carbocycles. The number of hydrogen-bond donors (Lipinski definition) is 1. The predicted octanol–water partition coefficient (Wildman–Crippen LogP) is 0.688. The van der Waals surface area contributed by atoms with Crippen LogP contribution in [0.15, 0.2) is 6.20 Å². The van der Waals surface area contributed by atoms with E-state index in [2.05, 4.69) is 15.3 Å². The van der Waals surface area contributed by atoms with E-state index in [1.807, 2.05) is 16.6 Å². The summed E-state index contributed by atoms with van der Waals surface area (Å²) in [6.45, 7) is 3.76. The van der Waals surface area contributed by atoms with Gasteiger partial charge in [-0.1, -0.05) is 11.6 Å². The van der Waals surface area contributed by atoms with E-state index in [4.69, 9.17) is 16.3 Å². The molecule has 2 saturated heterocycles. The zero-order valence-corrected chi connectivity index (χ0v) is 13.7. The number of fused-ring (bicyclic) bond motifs is 1. The number of halogens is 1. The summed E-state index contributed by atoms with van der Waals surface area (Å²) in [5.41, 5.74) is 1.01. The molecule has 0 radical (unpaired) electrons. The Morgan fingerprint density at radius 1 is 1.55 bits per heavy atom. The summed E-state index contributed by atoms with van der Waals surface area (Å²) < 4.78 is 6.91. The van der Waals surface area contributed by atoms with Crippen LogP contribution in [0, 0.1) is 0 Å². The average molecular weight is 328 g/mol. The van der Waals surface area contributed by atoms with Crippen LogP contribution in [0.2, 0.25) is 5.02 Å². The van der Waals surface area contributed by atoms with Crippen LogP contribution >= 0.6 is 11.6 Å². The van der Waals surface area contributed by atoms with Gasteiger partial charge in [0.25, 0.3) is 0 Å². The molecule has 0 unspecified atom stereocenters. The van der Waals surface area contributed by atoms with E-state index >= 15 is 0 Å². The molecule has 8 heteroatoms. The Morgan fingerprint density at radius 3 is 3.05 bits per heavy atom. The summed E-state index contributed by atoms with van der Waals surface area (Å²) in [6, 6.07) is 0.457. The Kier molecular flexibility index (Phi) is 4.56. The number of carbonyl (C=O) groups is 1. The number of aryl methyl sites for hydroxylation is 1. The summed E-state index contributed by atoms with van der Waals surface area (Å²) in [5.74, 6) is 0. The molecule has 122 valence electrons.